The first kappa shape index (κ1) is 23.0. The molecule has 0 unspecified atom stereocenters. The van der Waals surface area contributed by atoms with E-state index in [0.717, 1.165) is 11.5 Å². The predicted octanol–water partition coefficient (Wildman–Crippen LogP) is 2.49. The number of carboxylic acid groups (broad SMARTS) is 1. The maximum Gasteiger partial charge on any atom is 0.490 e. The Morgan fingerprint density at radius 1 is 1.16 bits per heavy atom. The number of hydrogen-bond acceptors (Lipinski definition) is 4. The van der Waals surface area contributed by atoms with Crippen LogP contribution in [-0.4, -0.2) is 53.9 Å². The molecule has 0 radical (unpaired) electrons. The fourth-order valence-corrected chi connectivity index (χ4v) is 3.16. The van der Waals surface area contributed by atoms with Crippen molar-refractivity contribution in [1.29, 1.82) is 0 Å². The molecular weight excluding hydrogens is 434 g/mol. The van der Waals surface area contributed by atoms with Crippen molar-refractivity contribution >= 4 is 11.9 Å². The van der Waals surface area contributed by atoms with Gasteiger partial charge in [0, 0.05) is 25.5 Å². The number of fused-ring (bicyclic) bond motifs is 1. The maximum absolute atomic E-state index is 13.3. The molecule has 12 heteroatoms. The summed E-state index contributed by atoms with van der Waals surface area (Å²) in [4.78, 5) is 27.6. The van der Waals surface area contributed by atoms with E-state index >= 15 is 0 Å². The van der Waals surface area contributed by atoms with Gasteiger partial charge in [0.2, 0.25) is 5.91 Å². The molecule has 32 heavy (non-hydrogen) atoms. The SMILES string of the molecule is O=C(Cc1cccc(F)c1)N1CCn2c(Cn3cccn3)cnc2C1.O=C(O)C(F)(F)F. The van der Waals surface area contributed by atoms with Crippen LogP contribution >= 0.6 is 0 Å². The fourth-order valence-electron chi connectivity index (χ4n) is 3.16. The Morgan fingerprint density at radius 3 is 2.53 bits per heavy atom. The van der Waals surface area contributed by atoms with E-state index in [1.54, 1.807) is 23.2 Å². The molecule has 3 aromatic rings. The minimum Gasteiger partial charge on any atom is -0.475 e. The second-order valence-corrected chi connectivity index (χ2v) is 6.95. The van der Waals surface area contributed by atoms with Crippen LogP contribution in [0.2, 0.25) is 0 Å². The Labute approximate surface area is 179 Å². The lowest BCUT2D eigenvalue weighted by molar-refractivity contribution is -0.192. The number of hydrogen-bond donors (Lipinski definition) is 1. The van der Waals surface area contributed by atoms with Crippen LogP contribution in [0.25, 0.3) is 0 Å². The highest BCUT2D eigenvalue weighted by Gasteiger charge is 2.38. The summed E-state index contributed by atoms with van der Waals surface area (Å²) >= 11 is 0. The lowest BCUT2D eigenvalue weighted by Gasteiger charge is -2.28. The number of carbonyl (C=O) groups is 2. The van der Waals surface area contributed by atoms with E-state index in [1.807, 2.05) is 23.1 Å². The number of amides is 1. The van der Waals surface area contributed by atoms with Crippen molar-refractivity contribution < 1.29 is 32.3 Å². The number of halogens is 4. The first-order valence-electron chi connectivity index (χ1n) is 9.46. The number of alkyl halides is 3. The molecule has 0 atom stereocenters. The number of rotatable bonds is 4. The van der Waals surface area contributed by atoms with Gasteiger partial charge in [-0.1, -0.05) is 12.1 Å². The topological polar surface area (TPSA) is 93.3 Å². The van der Waals surface area contributed by atoms with Crippen LogP contribution in [-0.2, 0) is 35.6 Å². The first-order chi connectivity index (χ1) is 15.1. The monoisotopic (exact) mass is 453 g/mol. The Bertz CT molecular complexity index is 1080. The highest BCUT2D eigenvalue weighted by Crippen LogP contribution is 2.17. The van der Waals surface area contributed by atoms with E-state index in [0.29, 0.717) is 31.7 Å². The largest absolute Gasteiger partial charge is 0.490 e. The zero-order valence-electron chi connectivity index (χ0n) is 16.7. The lowest BCUT2D eigenvalue weighted by Crippen LogP contribution is -2.39. The minimum absolute atomic E-state index is 0.00604. The quantitative estimate of drug-likeness (QED) is 0.613. The van der Waals surface area contributed by atoms with Crippen molar-refractivity contribution in [2.45, 2.75) is 32.2 Å². The van der Waals surface area contributed by atoms with Gasteiger partial charge in [0.25, 0.3) is 0 Å². The number of aromatic nitrogens is 4. The number of carboxylic acids is 1. The Hall–Kier alpha value is -3.70. The normalized spacial score (nSPS) is 13.2. The molecule has 0 fully saturated rings. The molecule has 1 aromatic carbocycles. The van der Waals surface area contributed by atoms with Gasteiger partial charge >= 0.3 is 12.1 Å². The van der Waals surface area contributed by atoms with Crippen molar-refractivity contribution in [3.8, 4) is 0 Å². The van der Waals surface area contributed by atoms with E-state index in [-0.39, 0.29) is 18.1 Å². The van der Waals surface area contributed by atoms with E-state index in [9.17, 15) is 22.4 Å². The molecule has 1 aliphatic heterocycles. The highest BCUT2D eigenvalue weighted by atomic mass is 19.4. The van der Waals surface area contributed by atoms with E-state index in [2.05, 4.69) is 14.6 Å². The van der Waals surface area contributed by atoms with Crippen LogP contribution in [0.5, 0.6) is 0 Å². The van der Waals surface area contributed by atoms with E-state index < -0.39 is 12.1 Å². The fraction of sp³-hybridized carbons (Fsp3) is 0.300. The summed E-state index contributed by atoms with van der Waals surface area (Å²) in [6.45, 7) is 2.48. The number of benzene rings is 1. The van der Waals surface area contributed by atoms with Crippen LogP contribution < -0.4 is 0 Å². The molecule has 1 aliphatic rings. The number of imidazole rings is 1. The summed E-state index contributed by atoms with van der Waals surface area (Å²) in [5, 5.41) is 11.3. The first-order valence-corrected chi connectivity index (χ1v) is 9.46. The highest BCUT2D eigenvalue weighted by molar-refractivity contribution is 5.78. The summed E-state index contributed by atoms with van der Waals surface area (Å²) in [6.07, 6.45) is 0.633. The predicted molar refractivity (Wildman–Crippen MR) is 103 cm³/mol. The number of aliphatic carboxylic acids is 1. The van der Waals surface area contributed by atoms with Crippen LogP contribution in [0.15, 0.2) is 48.9 Å². The summed E-state index contributed by atoms with van der Waals surface area (Å²) in [6, 6.07) is 8.08. The van der Waals surface area contributed by atoms with Gasteiger partial charge in [-0.15, -0.1) is 0 Å². The molecule has 1 amide bonds. The number of carbonyl (C=O) groups excluding carboxylic acids is 1. The summed E-state index contributed by atoms with van der Waals surface area (Å²) in [7, 11) is 0. The van der Waals surface area contributed by atoms with Crippen LogP contribution in [0.4, 0.5) is 17.6 Å². The summed E-state index contributed by atoms with van der Waals surface area (Å²) < 4.78 is 49.0. The second-order valence-electron chi connectivity index (χ2n) is 6.95. The maximum atomic E-state index is 13.3. The summed E-state index contributed by atoms with van der Waals surface area (Å²) in [5.41, 5.74) is 1.77. The molecule has 3 heterocycles. The van der Waals surface area contributed by atoms with E-state index in [4.69, 9.17) is 9.90 Å². The van der Waals surface area contributed by atoms with Gasteiger partial charge in [0.1, 0.15) is 11.6 Å². The third-order valence-electron chi connectivity index (χ3n) is 4.67. The molecule has 0 saturated heterocycles. The molecule has 8 nitrogen and oxygen atoms in total. The summed E-state index contributed by atoms with van der Waals surface area (Å²) in [5.74, 6) is -2.20. The standard InChI is InChI=1S/C18H18FN5O.C2HF3O2/c19-15-4-1-3-14(9-15)10-18(25)22-7-8-24-16(11-20-17(24)13-22)12-23-6-2-5-21-23;3-2(4,5)1(6)7/h1-6,9,11H,7-8,10,12-13H2;(H,6,7). The Morgan fingerprint density at radius 2 is 1.91 bits per heavy atom. The third kappa shape index (κ3) is 5.93. The molecule has 2 aromatic heterocycles. The van der Waals surface area contributed by atoms with Crippen molar-refractivity contribution in [3.05, 3.63) is 71.8 Å². The Balaban J connectivity index is 0.000000360. The molecule has 0 spiro atoms. The van der Waals surface area contributed by atoms with Crippen LogP contribution in [0.1, 0.15) is 17.1 Å². The van der Waals surface area contributed by atoms with Gasteiger partial charge in [0.05, 0.1) is 31.4 Å². The molecule has 4 rings (SSSR count). The van der Waals surface area contributed by atoms with E-state index in [1.165, 1.54) is 12.1 Å². The molecule has 170 valence electrons. The third-order valence-corrected chi connectivity index (χ3v) is 4.67. The van der Waals surface area contributed by atoms with Gasteiger partial charge < -0.3 is 14.6 Å². The van der Waals surface area contributed by atoms with Gasteiger partial charge in [0.15, 0.2) is 0 Å². The molecule has 1 N–H and O–H groups in total. The molecule has 0 saturated carbocycles. The molecule has 0 aliphatic carbocycles. The van der Waals surface area contributed by atoms with Crippen LogP contribution in [0, 0.1) is 5.82 Å². The minimum atomic E-state index is -5.08. The second kappa shape index (κ2) is 9.62. The zero-order valence-corrected chi connectivity index (χ0v) is 16.7. The average molecular weight is 453 g/mol. The Kier molecular flexibility index (Phi) is 6.91. The van der Waals surface area contributed by atoms with Crippen molar-refractivity contribution in [1.82, 2.24) is 24.2 Å². The van der Waals surface area contributed by atoms with Gasteiger partial charge in [-0.25, -0.2) is 14.2 Å². The van der Waals surface area contributed by atoms with Crippen LogP contribution in [0.3, 0.4) is 0 Å². The zero-order chi connectivity index (χ0) is 23.3. The smallest absolute Gasteiger partial charge is 0.475 e. The molecular formula is C20H19F4N5O3. The van der Waals surface area contributed by atoms with Gasteiger partial charge in [-0.3, -0.25) is 9.48 Å². The van der Waals surface area contributed by atoms with Crippen molar-refractivity contribution in [2.24, 2.45) is 0 Å². The lowest BCUT2D eigenvalue weighted by atomic mass is 10.1. The van der Waals surface area contributed by atoms with Crippen molar-refractivity contribution in [3.63, 3.8) is 0 Å². The molecule has 0 bridgehead atoms. The van der Waals surface area contributed by atoms with Gasteiger partial charge in [-0.2, -0.15) is 18.3 Å². The average Bonchev–Trinajstić information content (AvgIpc) is 3.38. The van der Waals surface area contributed by atoms with Crippen molar-refractivity contribution in [2.75, 3.05) is 6.54 Å². The number of nitrogens with zero attached hydrogens (tertiary/aromatic N) is 5. The van der Waals surface area contributed by atoms with Gasteiger partial charge in [-0.05, 0) is 23.8 Å².